The first-order valence-electron chi connectivity index (χ1n) is 9.87. The first kappa shape index (κ1) is 21.7. The summed E-state index contributed by atoms with van der Waals surface area (Å²) < 4.78 is 24.1. The number of aliphatic hydroxyl groups excluding tert-OH is 1. The number of imidazole rings is 1. The number of rotatable bonds is 9. The number of phosphoric ester groups is 1. The van der Waals surface area contributed by atoms with Gasteiger partial charge in [-0.25, -0.2) is 9.55 Å². The molecular weight excluding hydrogens is 425 g/mol. The van der Waals surface area contributed by atoms with E-state index in [1.165, 1.54) is 6.33 Å². The number of anilines is 1. The highest BCUT2D eigenvalue weighted by atomic mass is 31.2. The SMILES string of the molecule is Nc1nc2c(ncn2[C@@H]2C[C@H](COP(=O)(O)OCCc3ccccc3)[C@@H]2CO)c(=O)[nH]1. The van der Waals surface area contributed by atoms with Crippen molar-refractivity contribution in [3.63, 3.8) is 0 Å². The summed E-state index contributed by atoms with van der Waals surface area (Å²) in [6.07, 6.45) is 2.53. The molecule has 12 heteroatoms. The van der Waals surface area contributed by atoms with Crippen LogP contribution < -0.4 is 11.3 Å². The van der Waals surface area contributed by atoms with Gasteiger partial charge in [0.2, 0.25) is 5.95 Å². The summed E-state index contributed by atoms with van der Waals surface area (Å²) in [5.41, 5.74) is 6.68. The zero-order valence-electron chi connectivity index (χ0n) is 16.6. The summed E-state index contributed by atoms with van der Waals surface area (Å²) in [5, 5.41) is 9.84. The quantitative estimate of drug-likeness (QED) is 0.352. The molecule has 0 bridgehead atoms. The normalized spacial score (nSPS) is 22.8. The lowest BCUT2D eigenvalue weighted by atomic mass is 9.70. The van der Waals surface area contributed by atoms with Crippen molar-refractivity contribution >= 4 is 24.9 Å². The molecule has 1 aliphatic carbocycles. The van der Waals surface area contributed by atoms with Crippen molar-refractivity contribution in [3.8, 4) is 0 Å². The Balaban J connectivity index is 1.34. The van der Waals surface area contributed by atoms with E-state index in [1.54, 1.807) is 4.57 Å². The maximum absolute atomic E-state index is 12.2. The summed E-state index contributed by atoms with van der Waals surface area (Å²) >= 11 is 0. The topological polar surface area (TPSA) is 166 Å². The highest BCUT2D eigenvalue weighted by Crippen LogP contribution is 2.49. The molecule has 1 unspecified atom stereocenters. The molecule has 1 fully saturated rings. The lowest BCUT2D eigenvalue weighted by Gasteiger charge is -2.44. The number of aromatic nitrogens is 4. The summed E-state index contributed by atoms with van der Waals surface area (Å²) in [6.45, 7) is -0.150. The minimum Gasteiger partial charge on any atom is -0.396 e. The molecule has 5 N–H and O–H groups in total. The zero-order chi connectivity index (χ0) is 22.0. The van der Waals surface area contributed by atoms with Crippen molar-refractivity contribution in [1.82, 2.24) is 19.5 Å². The number of H-pyrrole nitrogens is 1. The largest absolute Gasteiger partial charge is 0.472 e. The van der Waals surface area contributed by atoms with Crippen molar-refractivity contribution < 1.29 is 23.6 Å². The lowest BCUT2D eigenvalue weighted by molar-refractivity contribution is -0.00796. The van der Waals surface area contributed by atoms with Gasteiger partial charge in [-0.1, -0.05) is 30.3 Å². The van der Waals surface area contributed by atoms with Crippen LogP contribution in [0.5, 0.6) is 0 Å². The molecule has 1 aliphatic rings. The molecule has 4 rings (SSSR count). The van der Waals surface area contributed by atoms with Crippen molar-refractivity contribution in [1.29, 1.82) is 0 Å². The van der Waals surface area contributed by atoms with Crippen LogP contribution >= 0.6 is 7.82 Å². The maximum Gasteiger partial charge on any atom is 0.472 e. The smallest absolute Gasteiger partial charge is 0.396 e. The third-order valence-electron chi connectivity index (χ3n) is 5.60. The Morgan fingerprint density at radius 3 is 2.81 bits per heavy atom. The van der Waals surface area contributed by atoms with Gasteiger partial charge in [-0.2, -0.15) is 4.98 Å². The fourth-order valence-corrected chi connectivity index (χ4v) is 4.67. The average Bonchev–Trinajstić information content (AvgIpc) is 3.12. The third-order valence-corrected chi connectivity index (χ3v) is 6.59. The number of benzene rings is 1. The van der Waals surface area contributed by atoms with E-state index in [0.717, 1.165) is 5.56 Å². The molecule has 0 saturated heterocycles. The van der Waals surface area contributed by atoms with Gasteiger partial charge in [0.1, 0.15) is 0 Å². The number of nitrogen functional groups attached to an aromatic ring is 1. The number of hydrogen-bond donors (Lipinski definition) is 4. The van der Waals surface area contributed by atoms with E-state index < -0.39 is 13.4 Å². The van der Waals surface area contributed by atoms with E-state index in [9.17, 15) is 19.4 Å². The van der Waals surface area contributed by atoms with Crippen LogP contribution in [0.1, 0.15) is 18.0 Å². The Bertz CT molecular complexity index is 1150. The van der Waals surface area contributed by atoms with Crippen LogP contribution in [0.3, 0.4) is 0 Å². The van der Waals surface area contributed by atoms with Crippen LogP contribution in [-0.4, -0.2) is 49.3 Å². The summed E-state index contributed by atoms with van der Waals surface area (Å²) in [5.74, 6) is -0.443. The van der Waals surface area contributed by atoms with E-state index >= 15 is 0 Å². The molecule has 31 heavy (non-hydrogen) atoms. The molecule has 166 valence electrons. The van der Waals surface area contributed by atoms with E-state index in [0.29, 0.717) is 18.5 Å². The summed E-state index contributed by atoms with van der Waals surface area (Å²) in [7, 11) is -4.21. The standard InChI is InChI=1S/C19H24N5O6P/c20-19-22-17-16(18(26)23-19)21-11-24(17)15-8-13(14(15)9-25)10-30-31(27,28)29-7-6-12-4-2-1-3-5-12/h1-5,11,13-15,25H,6-10H2,(H,27,28)(H3,20,22,23,26)/t13-,14+,15-/m1/s1. The second-order valence-corrected chi connectivity index (χ2v) is 8.97. The first-order valence-corrected chi connectivity index (χ1v) is 11.4. The minimum absolute atomic E-state index is 0.0205. The van der Waals surface area contributed by atoms with Crippen LogP contribution in [0.4, 0.5) is 5.95 Å². The number of nitrogens with one attached hydrogen (secondary N) is 1. The molecule has 0 spiro atoms. The van der Waals surface area contributed by atoms with Gasteiger partial charge in [-0.15, -0.1) is 0 Å². The lowest BCUT2D eigenvalue weighted by Crippen LogP contribution is -2.42. The fourth-order valence-electron chi connectivity index (χ4n) is 3.90. The second kappa shape index (κ2) is 8.89. The minimum atomic E-state index is -4.21. The Morgan fingerprint density at radius 1 is 1.29 bits per heavy atom. The number of nitrogens with zero attached hydrogens (tertiary/aromatic N) is 3. The van der Waals surface area contributed by atoms with Crippen molar-refractivity contribution in [2.24, 2.45) is 11.8 Å². The Hall–Kier alpha value is -2.56. The van der Waals surface area contributed by atoms with Crippen LogP contribution in [0.2, 0.25) is 0 Å². The van der Waals surface area contributed by atoms with E-state index in [2.05, 4.69) is 15.0 Å². The Kier molecular flexibility index (Phi) is 6.22. The van der Waals surface area contributed by atoms with Gasteiger partial charge in [0, 0.05) is 18.6 Å². The predicted octanol–water partition coefficient (Wildman–Crippen LogP) is 1.25. The Morgan fingerprint density at radius 2 is 2.06 bits per heavy atom. The molecule has 0 aliphatic heterocycles. The molecule has 1 aromatic carbocycles. The van der Waals surface area contributed by atoms with E-state index in [-0.39, 0.29) is 49.2 Å². The molecule has 2 aromatic heterocycles. The monoisotopic (exact) mass is 449 g/mol. The predicted molar refractivity (Wildman–Crippen MR) is 112 cm³/mol. The average molecular weight is 449 g/mol. The zero-order valence-corrected chi connectivity index (χ0v) is 17.5. The molecule has 0 radical (unpaired) electrons. The third kappa shape index (κ3) is 4.70. The van der Waals surface area contributed by atoms with Crippen molar-refractivity contribution in [2.45, 2.75) is 18.9 Å². The van der Waals surface area contributed by atoms with Gasteiger partial charge in [0.05, 0.1) is 19.5 Å². The second-order valence-electron chi connectivity index (χ2n) is 7.52. The van der Waals surface area contributed by atoms with Crippen LogP contribution in [0.15, 0.2) is 41.5 Å². The van der Waals surface area contributed by atoms with Crippen LogP contribution in [-0.2, 0) is 20.0 Å². The summed E-state index contributed by atoms with van der Waals surface area (Å²) in [6, 6.07) is 9.29. The van der Waals surface area contributed by atoms with E-state index in [4.69, 9.17) is 14.8 Å². The number of fused-ring (bicyclic) bond motifs is 1. The van der Waals surface area contributed by atoms with Gasteiger partial charge < -0.3 is 20.3 Å². The number of aliphatic hydroxyl groups is 1. The molecule has 3 aromatic rings. The van der Waals surface area contributed by atoms with Crippen LogP contribution in [0, 0.1) is 11.8 Å². The number of aromatic amines is 1. The van der Waals surface area contributed by atoms with Gasteiger partial charge in [-0.05, 0) is 24.3 Å². The van der Waals surface area contributed by atoms with Gasteiger partial charge in [-0.3, -0.25) is 18.8 Å². The number of hydrogen-bond acceptors (Lipinski definition) is 8. The molecule has 1 saturated carbocycles. The Labute approximate surface area is 177 Å². The highest BCUT2D eigenvalue weighted by molar-refractivity contribution is 7.47. The van der Waals surface area contributed by atoms with Crippen molar-refractivity contribution in [2.75, 3.05) is 25.6 Å². The fraction of sp³-hybridized carbons (Fsp3) is 0.421. The number of phosphoric acid groups is 1. The molecule has 2 heterocycles. The molecule has 11 nitrogen and oxygen atoms in total. The number of nitrogens with two attached hydrogens (primary N) is 1. The van der Waals surface area contributed by atoms with Gasteiger partial charge in [0.25, 0.3) is 5.56 Å². The van der Waals surface area contributed by atoms with Gasteiger partial charge >= 0.3 is 7.82 Å². The molecule has 0 amide bonds. The molecular formula is C19H24N5O6P. The van der Waals surface area contributed by atoms with E-state index in [1.807, 2.05) is 30.3 Å². The van der Waals surface area contributed by atoms with Gasteiger partial charge in [0.15, 0.2) is 11.2 Å². The highest BCUT2D eigenvalue weighted by Gasteiger charge is 2.43. The maximum atomic E-state index is 12.2. The molecule has 4 atom stereocenters. The van der Waals surface area contributed by atoms with Crippen molar-refractivity contribution in [3.05, 3.63) is 52.6 Å². The summed E-state index contributed by atoms with van der Waals surface area (Å²) in [4.78, 5) is 32.5. The van der Waals surface area contributed by atoms with Crippen LogP contribution in [0.25, 0.3) is 11.2 Å². The first-order chi connectivity index (χ1) is 14.9.